The second kappa shape index (κ2) is 9.21. The molecule has 0 bridgehead atoms. The monoisotopic (exact) mass is 476 g/mol. The summed E-state index contributed by atoms with van der Waals surface area (Å²) < 4.78 is 13.0. The first-order valence-electron chi connectivity index (χ1n) is 10.2. The summed E-state index contributed by atoms with van der Waals surface area (Å²) in [6, 6.07) is 17.5. The van der Waals surface area contributed by atoms with Gasteiger partial charge in [-0.05, 0) is 42.1 Å². The van der Waals surface area contributed by atoms with Crippen molar-refractivity contribution in [2.45, 2.75) is 24.4 Å². The smallest absolute Gasteiger partial charge is 0.272 e. The van der Waals surface area contributed by atoms with Crippen molar-refractivity contribution < 1.29 is 9.26 Å². The van der Waals surface area contributed by atoms with Crippen molar-refractivity contribution in [3.8, 4) is 17.1 Å². The largest absolute Gasteiger partial charge is 0.497 e. The van der Waals surface area contributed by atoms with Crippen LogP contribution in [0.15, 0.2) is 74.5 Å². The maximum Gasteiger partial charge on any atom is 0.272 e. The van der Waals surface area contributed by atoms with Gasteiger partial charge in [-0.15, -0.1) is 11.3 Å². The Balaban J connectivity index is 1.42. The van der Waals surface area contributed by atoms with Gasteiger partial charge in [-0.3, -0.25) is 9.36 Å². The van der Waals surface area contributed by atoms with Crippen molar-refractivity contribution in [2.24, 2.45) is 0 Å². The highest BCUT2D eigenvalue weighted by Crippen LogP contribution is 2.26. The molecule has 3 aromatic heterocycles. The Morgan fingerprint density at radius 1 is 1.12 bits per heavy atom. The van der Waals surface area contributed by atoms with Gasteiger partial charge in [0.05, 0.1) is 24.9 Å². The zero-order chi connectivity index (χ0) is 22.8. The Morgan fingerprint density at radius 2 is 1.97 bits per heavy atom. The van der Waals surface area contributed by atoms with Gasteiger partial charge in [-0.2, -0.15) is 4.98 Å². The number of fused-ring (bicyclic) bond motifs is 1. The van der Waals surface area contributed by atoms with Crippen LogP contribution in [0, 0.1) is 6.92 Å². The highest BCUT2D eigenvalue weighted by atomic mass is 32.2. The molecule has 0 atom stereocenters. The molecular weight excluding hydrogens is 456 g/mol. The van der Waals surface area contributed by atoms with Crippen LogP contribution in [0.1, 0.15) is 17.0 Å². The number of ether oxygens (including phenoxy) is 1. The number of methoxy groups -OCH3 is 1. The van der Waals surface area contributed by atoms with Crippen molar-refractivity contribution in [3.63, 3.8) is 0 Å². The molecule has 3 heterocycles. The van der Waals surface area contributed by atoms with Gasteiger partial charge in [0.1, 0.15) is 10.4 Å². The summed E-state index contributed by atoms with van der Waals surface area (Å²) in [7, 11) is 1.63. The lowest BCUT2D eigenvalue weighted by Crippen LogP contribution is -2.23. The number of aromatic nitrogens is 4. The number of hydrogen-bond donors (Lipinski definition) is 0. The maximum absolute atomic E-state index is 13.2. The minimum Gasteiger partial charge on any atom is -0.497 e. The highest BCUT2D eigenvalue weighted by molar-refractivity contribution is 7.98. The van der Waals surface area contributed by atoms with E-state index in [0.29, 0.717) is 39.4 Å². The van der Waals surface area contributed by atoms with Gasteiger partial charge in [-0.1, -0.05) is 52.8 Å². The fraction of sp³-hybridized carbons (Fsp3) is 0.167. The number of hydrogen-bond acceptors (Lipinski definition) is 8. The molecule has 5 aromatic rings. The average molecular weight is 477 g/mol. The van der Waals surface area contributed by atoms with E-state index < -0.39 is 0 Å². The number of thiophene rings is 1. The molecule has 0 radical (unpaired) electrons. The first kappa shape index (κ1) is 21.4. The minimum atomic E-state index is -0.0562. The average Bonchev–Trinajstić information content (AvgIpc) is 3.50. The van der Waals surface area contributed by atoms with E-state index in [4.69, 9.17) is 14.2 Å². The number of aryl methyl sites for hydroxylation is 1. The molecule has 0 saturated heterocycles. The first-order chi connectivity index (χ1) is 16.1. The Hall–Kier alpha value is -3.43. The third kappa shape index (κ3) is 4.55. The summed E-state index contributed by atoms with van der Waals surface area (Å²) in [5, 5.41) is 6.60. The Labute approximate surface area is 198 Å². The molecule has 0 unspecified atom stereocenters. The van der Waals surface area contributed by atoms with E-state index in [9.17, 15) is 4.79 Å². The van der Waals surface area contributed by atoms with Gasteiger partial charge in [-0.25, -0.2) is 4.98 Å². The molecule has 0 saturated carbocycles. The fourth-order valence-corrected chi connectivity index (χ4v) is 5.04. The van der Waals surface area contributed by atoms with Crippen molar-refractivity contribution in [3.05, 3.63) is 87.3 Å². The van der Waals surface area contributed by atoms with Crippen molar-refractivity contribution in [2.75, 3.05) is 7.11 Å². The van der Waals surface area contributed by atoms with E-state index >= 15 is 0 Å². The van der Waals surface area contributed by atoms with Gasteiger partial charge >= 0.3 is 0 Å². The Bertz CT molecular complexity index is 1470. The Morgan fingerprint density at radius 3 is 2.76 bits per heavy atom. The SMILES string of the molecule is COc1ccc(Cn2c(SCc3nc(-c4cccc(C)c4)no3)nc3ccsc3c2=O)cc1. The molecule has 0 amide bonds. The lowest BCUT2D eigenvalue weighted by Gasteiger charge is -2.12. The van der Waals surface area contributed by atoms with Gasteiger partial charge < -0.3 is 9.26 Å². The summed E-state index contributed by atoms with van der Waals surface area (Å²) in [4.78, 5) is 22.5. The summed E-state index contributed by atoms with van der Waals surface area (Å²) in [5.41, 5.74) is 3.66. The summed E-state index contributed by atoms with van der Waals surface area (Å²) in [6.07, 6.45) is 0. The van der Waals surface area contributed by atoms with Crippen LogP contribution < -0.4 is 10.3 Å². The molecule has 166 valence electrons. The van der Waals surface area contributed by atoms with E-state index in [1.807, 2.05) is 66.9 Å². The maximum atomic E-state index is 13.2. The number of benzene rings is 2. The van der Waals surface area contributed by atoms with Crippen LogP contribution in [0.3, 0.4) is 0 Å². The predicted molar refractivity (Wildman–Crippen MR) is 130 cm³/mol. The van der Waals surface area contributed by atoms with E-state index in [1.165, 1.54) is 23.1 Å². The van der Waals surface area contributed by atoms with Crippen LogP contribution in [0.2, 0.25) is 0 Å². The molecule has 0 N–H and O–H groups in total. The standard InChI is InChI=1S/C24H20N4O3S2/c1-15-4-3-5-17(12-15)22-26-20(31-27-22)14-33-24-25-19-10-11-32-21(19)23(29)28(24)13-16-6-8-18(30-2)9-7-16/h3-12H,13-14H2,1-2H3. The third-order valence-corrected chi connectivity index (χ3v) is 6.95. The molecular formula is C24H20N4O3S2. The number of nitrogens with zero attached hydrogens (tertiary/aromatic N) is 4. The van der Waals surface area contributed by atoms with E-state index in [-0.39, 0.29) is 5.56 Å². The molecule has 7 nitrogen and oxygen atoms in total. The van der Waals surface area contributed by atoms with E-state index in [0.717, 1.165) is 22.4 Å². The topological polar surface area (TPSA) is 83.0 Å². The van der Waals surface area contributed by atoms with Crippen molar-refractivity contribution >= 4 is 33.3 Å². The van der Waals surface area contributed by atoms with E-state index in [2.05, 4.69) is 10.1 Å². The molecule has 0 spiro atoms. The zero-order valence-corrected chi connectivity index (χ0v) is 19.7. The minimum absolute atomic E-state index is 0.0562. The van der Waals surface area contributed by atoms with Crippen LogP contribution in [0.25, 0.3) is 21.6 Å². The van der Waals surface area contributed by atoms with Crippen LogP contribution in [0.5, 0.6) is 5.75 Å². The molecule has 0 aliphatic rings. The number of thioether (sulfide) groups is 1. The predicted octanol–water partition coefficient (Wildman–Crippen LogP) is 5.17. The first-order valence-corrected chi connectivity index (χ1v) is 12.1. The lowest BCUT2D eigenvalue weighted by atomic mass is 10.1. The van der Waals surface area contributed by atoms with Gasteiger partial charge in [0.25, 0.3) is 5.56 Å². The molecule has 0 fully saturated rings. The van der Waals surface area contributed by atoms with Crippen molar-refractivity contribution in [1.29, 1.82) is 0 Å². The zero-order valence-electron chi connectivity index (χ0n) is 18.0. The summed E-state index contributed by atoms with van der Waals surface area (Å²) in [5.74, 6) is 2.20. The third-order valence-electron chi connectivity index (χ3n) is 5.10. The van der Waals surface area contributed by atoms with Gasteiger partial charge in [0.2, 0.25) is 11.7 Å². The summed E-state index contributed by atoms with van der Waals surface area (Å²) in [6.45, 7) is 2.43. The highest BCUT2D eigenvalue weighted by Gasteiger charge is 2.16. The molecule has 0 aliphatic carbocycles. The van der Waals surface area contributed by atoms with Crippen LogP contribution in [0.4, 0.5) is 0 Å². The summed E-state index contributed by atoms with van der Waals surface area (Å²) >= 11 is 2.81. The molecule has 2 aromatic carbocycles. The molecule has 9 heteroatoms. The van der Waals surface area contributed by atoms with Crippen LogP contribution in [-0.4, -0.2) is 26.8 Å². The molecule has 5 rings (SSSR count). The number of rotatable bonds is 7. The van der Waals surface area contributed by atoms with Crippen molar-refractivity contribution in [1.82, 2.24) is 19.7 Å². The quantitative estimate of drug-likeness (QED) is 0.237. The lowest BCUT2D eigenvalue weighted by molar-refractivity contribution is 0.391. The second-order valence-electron chi connectivity index (χ2n) is 7.44. The molecule has 0 aliphatic heterocycles. The van der Waals surface area contributed by atoms with Gasteiger partial charge in [0, 0.05) is 5.56 Å². The molecule has 33 heavy (non-hydrogen) atoms. The fourth-order valence-electron chi connectivity index (χ4n) is 3.43. The normalized spacial score (nSPS) is 11.2. The van der Waals surface area contributed by atoms with Crippen LogP contribution >= 0.6 is 23.1 Å². The van der Waals surface area contributed by atoms with Gasteiger partial charge in [0.15, 0.2) is 5.16 Å². The van der Waals surface area contributed by atoms with E-state index in [1.54, 1.807) is 11.7 Å². The Kier molecular flexibility index (Phi) is 5.97. The van der Waals surface area contributed by atoms with Crippen LogP contribution in [-0.2, 0) is 12.3 Å². The second-order valence-corrected chi connectivity index (χ2v) is 9.30.